The van der Waals surface area contributed by atoms with E-state index in [0.717, 1.165) is 18.8 Å². The molecule has 25 heavy (non-hydrogen) atoms. The maximum absolute atomic E-state index is 12.4. The molecule has 0 atom stereocenters. The lowest BCUT2D eigenvalue weighted by atomic mass is 10.1. The van der Waals surface area contributed by atoms with Crippen molar-refractivity contribution in [3.63, 3.8) is 0 Å². The van der Waals surface area contributed by atoms with Crippen molar-refractivity contribution in [2.24, 2.45) is 0 Å². The molecule has 1 aliphatic heterocycles. The number of carbonyl (C=O) groups excluding carboxylic acids is 1. The summed E-state index contributed by atoms with van der Waals surface area (Å²) < 4.78 is 4.81. The quantitative estimate of drug-likeness (QED) is 0.816. The van der Waals surface area contributed by atoms with Gasteiger partial charge in [0.15, 0.2) is 5.82 Å². The van der Waals surface area contributed by atoms with Gasteiger partial charge in [0.05, 0.1) is 10.6 Å². The fourth-order valence-electron chi connectivity index (χ4n) is 2.88. The van der Waals surface area contributed by atoms with Gasteiger partial charge in [-0.3, -0.25) is 4.79 Å². The van der Waals surface area contributed by atoms with Crippen LogP contribution in [0.3, 0.4) is 0 Å². The number of benzene rings is 1. The van der Waals surface area contributed by atoms with E-state index in [1.807, 2.05) is 12.1 Å². The van der Waals surface area contributed by atoms with Crippen LogP contribution in [-0.4, -0.2) is 40.8 Å². The van der Waals surface area contributed by atoms with Crippen LogP contribution in [0.15, 0.2) is 22.7 Å². The number of aromatic nitrogens is 2. The van der Waals surface area contributed by atoms with Crippen LogP contribution in [-0.2, 0) is 13.0 Å². The zero-order valence-electron chi connectivity index (χ0n) is 13.9. The van der Waals surface area contributed by atoms with E-state index in [1.165, 1.54) is 19.3 Å². The molecule has 1 aliphatic rings. The number of aliphatic hydroxyl groups excluding tert-OH is 1. The highest BCUT2D eigenvalue weighted by atomic mass is 35.5. The van der Waals surface area contributed by atoms with Crippen molar-refractivity contribution in [3.05, 3.63) is 40.5 Å². The Bertz CT molecular complexity index is 728. The van der Waals surface area contributed by atoms with Crippen molar-refractivity contribution in [2.45, 2.75) is 32.3 Å². The molecule has 7 nitrogen and oxygen atoms in total. The molecule has 8 heteroatoms. The lowest BCUT2D eigenvalue weighted by Gasteiger charge is -2.29. The predicted molar refractivity (Wildman–Crippen MR) is 93.8 cm³/mol. The van der Waals surface area contributed by atoms with Gasteiger partial charge in [-0.2, -0.15) is 4.98 Å². The van der Waals surface area contributed by atoms with E-state index in [-0.39, 0.29) is 18.4 Å². The van der Waals surface area contributed by atoms with Gasteiger partial charge < -0.3 is 19.8 Å². The average Bonchev–Trinajstić information content (AvgIpc) is 3.11. The third kappa shape index (κ3) is 4.49. The van der Waals surface area contributed by atoms with Crippen LogP contribution in [0.1, 0.15) is 41.3 Å². The van der Waals surface area contributed by atoms with Crippen LogP contribution in [0, 0.1) is 0 Å². The number of amides is 1. The Labute approximate surface area is 151 Å². The fraction of sp³-hybridized carbons (Fsp3) is 0.471. The normalized spacial score (nSPS) is 14.6. The molecular formula is C17H21ClN4O3. The van der Waals surface area contributed by atoms with Gasteiger partial charge >= 0.3 is 0 Å². The molecule has 1 fully saturated rings. The molecule has 134 valence electrons. The number of piperidine rings is 1. The van der Waals surface area contributed by atoms with E-state index in [1.54, 1.807) is 6.07 Å². The molecule has 0 spiro atoms. The zero-order valence-corrected chi connectivity index (χ0v) is 14.6. The second-order valence-electron chi connectivity index (χ2n) is 5.98. The maximum Gasteiger partial charge on any atom is 0.252 e. The standard InChI is InChI=1S/C17H21ClN4O3/c18-14-5-4-12(22-8-2-1-3-9-22)10-13(14)17(24)19-7-6-15-20-16(11-23)25-21-15/h4-5,10,23H,1-3,6-9,11H2,(H,19,24). The molecule has 2 aromatic rings. The van der Waals surface area contributed by atoms with E-state index in [0.29, 0.717) is 29.4 Å². The lowest BCUT2D eigenvalue weighted by Crippen LogP contribution is -2.30. The van der Waals surface area contributed by atoms with Crippen molar-refractivity contribution in [3.8, 4) is 0 Å². The Morgan fingerprint density at radius 3 is 2.84 bits per heavy atom. The van der Waals surface area contributed by atoms with E-state index in [4.69, 9.17) is 21.2 Å². The van der Waals surface area contributed by atoms with Gasteiger partial charge in [-0.1, -0.05) is 16.8 Å². The number of hydrogen-bond donors (Lipinski definition) is 2. The topological polar surface area (TPSA) is 91.5 Å². The number of hydrogen-bond acceptors (Lipinski definition) is 6. The molecule has 1 aromatic heterocycles. The second-order valence-corrected chi connectivity index (χ2v) is 6.39. The van der Waals surface area contributed by atoms with Crippen molar-refractivity contribution in [1.29, 1.82) is 0 Å². The minimum Gasteiger partial charge on any atom is -0.387 e. The number of rotatable bonds is 6. The Morgan fingerprint density at radius 1 is 1.32 bits per heavy atom. The van der Waals surface area contributed by atoms with E-state index >= 15 is 0 Å². The predicted octanol–water partition coefficient (Wildman–Crippen LogP) is 2.18. The van der Waals surface area contributed by atoms with Gasteiger partial charge in [-0.15, -0.1) is 0 Å². The fourth-order valence-corrected chi connectivity index (χ4v) is 3.08. The highest BCUT2D eigenvalue weighted by Crippen LogP contribution is 2.25. The van der Waals surface area contributed by atoms with Crippen LogP contribution < -0.4 is 10.2 Å². The molecule has 1 saturated heterocycles. The van der Waals surface area contributed by atoms with E-state index in [9.17, 15) is 4.79 Å². The summed E-state index contributed by atoms with van der Waals surface area (Å²) in [5.41, 5.74) is 1.49. The van der Waals surface area contributed by atoms with Crippen LogP contribution in [0.2, 0.25) is 5.02 Å². The first-order chi connectivity index (χ1) is 12.2. The summed E-state index contributed by atoms with van der Waals surface area (Å²) in [5.74, 6) is 0.380. The third-order valence-electron chi connectivity index (χ3n) is 4.20. The van der Waals surface area contributed by atoms with Crippen molar-refractivity contribution < 1.29 is 14.4 Å². The summed E-state index contributed by atoms with van der Waals surface area (Å²) in [4.78, 5) is 18.7. The monoisotopic (exact) mass is 364 g/mol. The summed E-state index contributed by atoms with van der Waals surface area (Å²) in [6.45, 7) is 2.08. The van der Waals surface area contributed by atoms with Crippen molar-refractivity contribution >= 4 is 23.2 Å². The average molecular weight is 365 g/mol. The maximum atomic E-state index is 12.4. The molecule has 0 bridgehead atoms. The molecular weight excluding hydrogens is 344 g/mol. The Kier molecular flexibility index (Phi) is 5.88. The number of anilines is 1. The van der Waals surface area contributed by atoms with Crippen LogP contribution in [0.4, 0.5) is 5.69 Å². The number of nitrogens with one attached hydrogen (secondary N) is 1. The Balaban J connectivity index is 1.60. The SMILES string of the molecule is O=C(NCCc1noc(CO)n1)c1cc(N2CCCCC2)ccc1Cl. The first-order valence-corrected chi connectivity index (χ1v) is 8.80. The number of aliphatic hydroxyl groups is 1. The lowest BCUT2D eigenvalue weighted by molar-refractivity contribution is 0.0954. The number of carbonyl (C=O) groups is 1. The van der Waals surface area contributed by atoms with Gasteiger partial charge in [0, 0.05) is 31.7 Å². The van der Waals surface area contributed by atoms with Gasteiger partial charge in [-0.05, 0) is 37.5 Å². The molecule has 3 rings (SSSR count). The molecule has 0 aliphatic carbocycles. The Morgan fingerprint density at radius 2 is 2.12 bits per heavy atom. The highest BCUT2D eigenvalue weighted by Gasteiger charge is 2.16. The molecule has 0 radical (unpaired) electrons. The molecule has 1 aromatic carbocycles. The van der Waals surface area contributed by atoms with Crippen molar-refractivity contribution in [1.82, 2.24) is 15.5 Å². The van der Waals surface area contributed by atoms with Gasteiger partial charge in [0.1, 0.15) is 6.61 Å². The van der Waals surface area contributed by atoms with Crippen LogP contribution in [0.25, 0.3) is 0 Å². The first kappa shape index (κ1) is 17.7. The number of nitrogens with zero attached hydrogens (tertiary/aromatic N) is 3. The summed E-state index contributed by atoms with van der Waals surface area (Å²) >= 11 is 6.20. The second kappa shape index (κ2) is 8.31. The summed E-state index contributed by atoms with van der Waals surface area (Å²) in [5, 5.41) is 15.9. The van der Waals surface area contributed by atoms with Gasteiger partial charge in [0.25, 0.3) is 11.8 Å². The van der Waals surface area contributed by atoms with Gasteiger partial charge in [0.2, 0.25) is 0 Å². The van der Waals surface area contributed by atoms with Crippen molar-refractivity contribution in [2.75, 3.05) is 24.5 Å². The Hall–Kier alpha value is -2.12. The molecule has 1 amide bonds. The first-order valence-electron chi connectivity index (χ1n) is 8.42. The molecule has 0 saturated carbocycles. The van der Waals surface area contributed by atoms with Crippen LogP contribution in [0.5, 0.6) is 0 Å². The number of halogens is 1. The zero-order chi connectivity index (χ0) is 17.6. The molecule has 0 unspecified atom stereocenters. The van der Waals surface area contributed by atoms with Crippen LogP contribution >= 0.6 is 11.6 Å². The smallest absolute Gasteiger partial charge is 0.252 e. The summed E-state index contributed by atoms with van der Waals surface area (Å²) in [6.07, 6.45) is 4.01. The van der Waals surface area contributed by atoms with E-state index < -0.39 is 0 Å². The third-order valence-corrected chi connectivity index (χ3v) is 4.52. The highest BCUT2D eigenvalue weighted by molar-refractivity contribution is 6.34. The molecule has 2 heterocycles. The summed E-state index contributed by atoms with van der Waals surface area (Å²) in [7, 11) is 0. The minimum atomic E-state index is -0.293. The van der Waals surface area contributed by atoms with Gasteiger partial charge in [-0.25, -0.2) is 0 Å². The minimum absolute atomic E-state index is 0.165. The molecule has 2 N–H and O–H groups in total. The largest absolute Gasteiger partial charge is 0.387 e. The van der Waals surface area contributed by atoms with E-state index in [2.05, 4.69) is 20.4 Å². The summed E-state index contributed by atoms with van der Waals surface area (Å²) in [6, 6.07) is 5.58.